The number of hydrogen-bond donors (Lipinski definition) is 1. The van der Waals surface area contributed by atoms with E-state index < -0.39 is 0 Å². The van der Waals surface area contributed by atoms with Gasteiger partial charge in [-0.2, -0.15) is 0 Å². The van der Waals surface area contributed by atoms with Crippen molar-refractivity contribution in [2.75, 3.05) is 6.54 Å². The maximum atomic E-state index is 3.77. The van der Waals surface area contributed by atoms with Crippen LogP contribution < -0.4 is 5.32 Å². The zero-order chi connectivity index (χ0) is 11.5. The van der Waals surface area contributed by atoms with Crippen LogP contribution in [0.1, 0.15) is 37.7 Å². The summed E-state index contributed by atoms with van der Waals surface area (Å²) >= 11 is 0. The van der Waals surface area contributed by atoms with E-state index in [1.165, 1.54) is 50.6 Å². The highest BCUT2D eigenvalue weighted by Gasteiger charge is 2.34. The Morgan fingerprint density at radius 1 is 1.00 bits per heavy atom. The third-order valence-electron chi connectivity index (χ3n) is 4.70. The molecule has 1 saturated heterocycles. The molecule has 1 heteroatoms. The van der Waals surface area contributed by atoms with E-state index in [2.05, 4.69) is 35.6 Å². The second-order valence-corrected chi connectivity index (χ2v) is 5.75. The minimum atomic E-state index is 0.733. The molecule has 1 aromatic rings. The van der Waals surface area contributed by atoms with Crippen LogP contribution in [0.4, 0.5) is 0 Å². The van der Waals surface area contributed by atoms with Crippen molar-refractivity contribution in [2.24, 2.45) is 11.8 Å². The first-order valence-corrected chi connectivity index (χ1v) is 7.21. The van der Waals surface area contributed by atoms with Crippen molar-refractivity contribution in [2.45, 2.75) is 44.6 Å². The van der Waals surface area contributed by atoms with E-state index in [9.17, 15) is 0 Å². The Bertz CT molecular complexity index is 344. The molecule has 1 aliphatic heterocycles. The third kappa shape index (κ3) is 2.55. The van der Waals surface area contributed by atoms with E-state index in [1.54, 1.807) is 0 Å². The molecule has 3 rings (SSSR count). The van der Waals surface area contributed by atoms with Crippen LogP contribution in [0.3, 0.4) is 0 Å². The van der Waals surface area contributed by atoms with Crippen molar-refractivity contribution < 1.29 is 0 Å². The number of nitrogens with one attached hydrogen (secondary N) is 1. The lowest BCUT2D eigenvalue weighted by molar-refractivity contribution is 0.133. The molecule has 1 heterocycles. The first-order chi connectivity index (χ1) is 8.43. The topological polar surface area (TPSA) is 12.0 Å². The van der Waals surface area contributed by atoms with E-state index in [0.717, 1.165) is 17.9 Å². The Morgan fingerprint density at radius 2 is 1.82 bits per heavy atom. The van der Waals surface area contributed by atoms with Crippen LogP contribution in [0.25, 0.3) is 0 Å². The first kappa shape index (κ1) is 11.3. The van der Waals surface area contributed by atoms with Gasteiger partial charge in [0.05, 0.1) is 0 Å². The molecule has 1 N–H and O–H groups in total. The number of fused-ring (bicyclic) bond motifs is 1. The van der Waals surface area contributed by atoms with Crippen LogP contribution in [0, 0.1) is 11.8 Å². The summed E-state index contributed by atoms with van der Waals surface area (Å²) < 4.78 is 0. The first-order valence-electron chi connectivity index (χ1n) is 7.21. The Hall–Kier alpha value is -0.820. The standard InChI is InChI=1S/C16H23N/c1-2-6-13(7-3-1)12-16-15-9-5-4-8-14(15)10-11-17-16/h1-3,6-7,14-17H,4-5,8-12H2. The molecular weight excluding hydrogens is 206 g/mol. The lowest BCUT2D eigenvalue weighted by Gasteiger charge is -2.42. The third-order valence-corrected chi connectivity index (χ3v) is 4.70. The fourth-order valence-corrected chi connectivity index (χ4v) is 3.82. The zero-order valence-electron chi connectivity index (χ0n) is 10.6. The molecule has 1 aromatic carbocycles. The fraction of sp³-hybridized carbons (Fsp3) is 0.625. The molecule has 1 nitrogen and oxygen atoms in total. The number of benzene rings is 1. The molecule has 1 saturated carbocycles. The van der Waals surface area contributed by atoms with E-state index in [-0.39, 0.29) is 0 Å². The van der Waals surface area contributed by atoms with Gasteiger partial charge in [-0.3, -0.25) is 0 Å². The normalized spacial score (nSPS) is 33.1. The predicted molar refractivity (Wildman–Crippen MR) is 72.0 cm³/mol. The largest absolute Gasteiger partial charge is 0.313 e. The maximum absolute atomic E-state index is 3.77. The summed E-state index contributed by atoms with van der Waals surface area (Å²) in [5.41, 5.74) is 1.50. The van der Waals surface area contributed by atoms with Crippen molar-refractivity contribution in [1.82, 2.24) is 5.32 Å². The summed E-state index contributed by atoms with van der Waals surface area (Å²) in [4.78, 5) is 0. The smallest absolute Gasteiger partial charge is 0.0138 e. The van der Waals surface area contributed by atoms with Gasteiger partial charge in [-0.05, 0) is 43.2 Å². The lowest BCUT2D eigenvalue weighted by Crippen LogP contribution is -2.48. The van der Waals surface area contributed by atoms with Gasteiger partial charge in [0.1, 0.15) is 0 Å². The number of piperidine rings is 1. The quantitative estimate of drug-likeness (QED) is 0.819. The zero-order valence-corrected chi connectivity index (χ0v) is 10.6. The van der Waals surface area contributed by atoms with Crippen molar-refractivity contribution in [3.63, 3.8) is 0 Å². The Kier molecular flexibility index (Phi) is 3.46. The lowest BCUT2D eigenvalue weighted by atomic mass is 9.70. The van der Waals surface area contributed by atoms with Gasteiger partial charge in [-0.15, -0.1) is 0 Å². The maximum Gasteiger partial charge on any atom is 0.0138 e. The Labute approximate surface area is 105 Å². The highest BCUT2D eigenvalue weighted by atomic mass is 14.9. The predicted octanol–water partition coefficient (Wildman–Crippen LogP) is 3.40. The molecule has 92 valence electrons. The van der Waals surface area contributed by atoms with Gasteiger partial charge < -0.3 is 5.32 Å². The van der Waals surface area contributed by atoms with Crippen LogP contribution in [-0.4, -0.2) is 12.6 Å². The van der Waals surface area contributed by atoms with Crippen LogP contribution in [0.15, 0.2) is 30.3 Å². The second kappa shape index (κ2) is 5.22. The van der Waals surface area contributed by atoms with Gasteiger partial charge in [-0.25, -0.2) is 0 Å². The summed E-state index contributed by atoms with van der Waals surface area (Å²) in [6, 6.07) is 11.7. The van der Waals surface area contributed by atoms with Gasteiger partial charge >= 0.3 is 0 Å². The minimum Gasteiger partial charge on any atom is -0.313 e. The molecule has 0 radical (unpaired) electrons. The SMILES string of the molecule is c1ccc(CC2NCCC3CCCCC32)cc1. The molecule has 0 amide bonds. The van der Waals surface area contributed by atoms with E-state index >= 15 is 0 Å². The highest BCUT2D eigenvalue weighted by molar-refractivity contribution is 5.16. The number of hydrogen-bond acceptors (Lipinski definition) is 1. The van der Waals surface area contributed by atoms with Gasteiger partial charge in [0.2, 0.25) is 0 Å². The van der Waals surface area contributed by atoms with Crippen LogP contribution in [0.5, 0.6) is 0 Å². The van der Waals surface area contributed by atoms with Crippen molar-refractivity contribution >= 4 is 0 Å². The summed E-state index contributed by atoms with van der Waals surface area (Å²) in [7, 11) is 0. The van der Waals surface area contributed by atoms with Crippen molar-refractivity contribution in [1.29, 1.82) is 0 Å². The molecule has 3 atom stereocenters. The molecule has 2 aliphatic rings. The summed E-state index contributed by atoms with van der Waals surface area (Å²) in [6.07, 6.45) is 8.50. The summed E-state index contributed by atoms with van der Waals surface area (Å²) in [6.45, 7) is 1.23. The molecule has 0 spiro atoms. The highest BCUT2D eigenvalue weighted by Crippen LogP contribution is 2.37. The molecule has 2 fully saturated rings. The van der Waals surface area contributed by atoms with E-state index in [1.807, 2.05) is 0 Å². The Morgan fingerprint density at radius 3 is 2.71 bits per heavy atom. The summed E-state index contributed by atoms with van der Waals surface area (Å²) in [5, 5.41) is 3.77. The van der Waals surface area contributed by atoms with E-state index in [4.69, 9.17) is 0 Å². The number of rotatable bonds is 2. The molecule has 0 bridgehead atoms. The average molecular weight is 229 g/mol. The second-order valence-electron chi connectivity index (χ2n) is 5.75. The fourth-order valence-electron chi connectivity index (χ4n) is 3.82. The monoisotopic (exact) mass is 229 g/mol. The average Bonchev–Trinajstić information content (AvgIpc) is 2.40. The van der Waals surface area contributed by atoms with Gasteiger partial charge in [0.25, 0.3) is 0 Å². The van der Waals surface area contributed by atoms with Gasteiger partial charge in [0.15, 0.2) is 0 Å². The minimum absolute atomic E-state index is 0.733. The molecular formula is C16H23N. The van der Waals surface area contributed by atoms with Crippen LogP contribution in [-0.2, 0) is 6.42 Å². The summed E-state index contributed by atoms with van der Waals surface area (Å²) in [5.74, 6) is 1.96. The Balaban J connectivity index is 1.69. The molecule has 0 aromatic heterocycles. The molecule has 17 heavy (non-hydrogen) atoms. The van der Waals surface area contributed by atoms with Gasteiger partial charge in [-0.1, -0.05) is 49.6 Å². The van der Waals surface area contributed by atoms with Crippen molar-refractivity contribution in [3.8, 4) is 0 Å². The molecule has 3 unspecified atom stereocenters. The van der Waals surface area contributed by atoms with Crippen LogP contribution >= 0.6 is 0 Å². The van der Waals surface area contributed by atoms with E-state index in [0.29, 0.717) is 0 Å². The van der Waals surface area contributed by atoms with Gasteiger partial charge in [0, 0.05) is 6.04 Å². The van der Waals surface area contributed by atoms with Crippen molar-refractivity contribution in [3.05, 3.63) is 35.9 Å². The van der Waals surface area contributed by atoms with Crippen LogP contribution in [0.2, 0.25) is 0 Å². The molecule has 1 aliphatic carbocycles.